The number of hydrogen-bond donors (Lipinski definition) is 0. The van der Waals surface area contributed by atoms with Crippen molar-refractivity contribution in [2.24, 2.45) is 0 Å². The lowest BCUT2D eigenvalue weighted by atomic mass is 10.0. The van der Waals surface area contributed by atoms with Crippen LogP contribution in [0.1, 0.15) is 42.3 Å². The van der Waals surface area contributed by atoms with Gasteiger partial charge in [0.2, 0.25) is 5.82 Å². The van der Waals surface area contributed by atoms with Crippen molar-refractivity contribution in [1.29, 1.82) is 0 Å². The van der Waals surface area contributed by atoms with Gasteiger partial charge >= 0.3 is 5.97 Å². The number of esters is 1. The Morgan fingerprint density at radius 1 is 0.822 bits per heavy atom. The van der Waals surface area contributed by atoms with E-state index in [0.717, 1.165) is 22.3 Å². The molecule has 5 aromatic rings. The van der Waals surface area contributed by atoms with Crippen molar-refractivity contribution in [3.63, 3.8) is 0 Å². The van der Waals surface area contributed by atoms with E-state index in [1.807, 2.05) is 48.5 Å². The zero-order chi connectivity index (χ0) is 32.1. The van der Waals surface area contributed by atoms with Gasteiger partial charge in [-0.1, -0.05) is 71.4 Å². The summed E-state index contributed by atoms with van der Waals surface area (Å²) >= 11 is 0. The van der Waals surface area contributed by atoms with Crippen molar-refractivity contribution in [3.8, 4) is 34.0 Å². The molecule has 0 aliphatic carbocycles. The summed E-state index contributed by atoms with van der Waals surface area (Å²) in [6, 6.07) is 28.7. The molecular weight excluding hydrogens is 572 g/mol. The number of aromatic nitrogens is 2. The minimum absolute atomic E-state index is 0.0974. The molecule has 1 aromatic heterocycles. The van der Waals surface area contributed by atoms with Crippen molar-refractivity contribution in [2.45, 2.75) is 39.8 Å². The second-order valence-electron chi connectivity index (χ2n) is 11.6. The number of ether oxygens (including phenoxy) is 1. The molecule has 1 amide bonds. The summed E-state index contributed by atoms with van der Waals surface area (Å²) < 4.78 is 11.0. The summed E-state index contributed by atoms with van der Waals surface area (Å²) in [5.41, 5.74) is 5.02. The summed E-state index contributed by atoms with van der Waals surface area (Å²) in [4.78, 5) is 42.5. The van der Waals surface area contributed by atoms with Gasteiger partial charge in [-0.05, 0) is 68.7 Å². The standard InChI is InChI=1S/C35H32N4O6/c1-23-5-9-25(10-6-23)26-13-15-28(16-14-26)33-36-32(37-45-33)27-11-7-24(8-12-27)21-38(22-31(40)44-35(2,3)4)34(41)29-17-19-30(20-18-29)39(42)43/h5-20H,21-22H2,1-4H3. The van der Waals surface area contributed by atoms with Crippen LogP contribution in [0.3, 0.4) is 0 Å². The number of rotatable bonds is 9. The number of hydrogen-bond acceptors (Lipinski definition) is 8. The van der Waals surface area contributed by atoms with Gasteiger partial charge in [-0.25, -0.2) is 0 Å². The van der Waals surface area contributed by atoms with Crippen LogP contribution in [0.2, 0.25) is 0 Å². The van der Waals surface area contributed by atoms with Crippen LogP contribution in [0.15, 0.2) is 102 Å². The number of non-ortho nitro benzene ring substituents is 1. The maximum absolute atomic E-state index is 13.4. The number of nitro benzene ring substituents is 1. The van der Waals surface area contributed by atoms with E-state index in [2.05, 4.69) is 41.3 Å². The molecule has 0 saturated heterocycles. The van der Waals surface area contributed by atoms with Gasteiger partial charge in [0.05, 0.1) is 4.92 Å². The van der Waals surface area contributed by atoms with Gasteiger partial charge in [-0.3, -0.25) is 19.7 Å². The molecule has 10 heteroatoms. The highest BCUT2D eigenvalue weighted by atomic mass is 16.6. The Morgan fingerprint density at radius 3 is 1.96 bits per heavy atom. The number of carbonyl (C=O) groups is 2. The smallest absolute Gasteiger partial charge is 0.326 e. The summed E-state index contributed by atoms with van der Waals surface area (Å²) in [6.07, 6.45) is 0. The zero-order valence-electron chi connectivity index (χ0n) is 25.4. The Labute approximate surface area is 260 Å². The molecule has 0 aliphatic heterocycles. The van der Waals surface area contributed by atoms with E-state index < -0.39 is 22.4 Å². The quantitative estimate of drug-likeness (QED) is 0.0976. The second kappa shape index (κ2) is 12.9. The highest BCUT2D eigenvalue weighted by Gasteiger charge is 2.24. The Hall–Kier alpha value is -5.64. The van der Waals surface area contributed by atoms with E-state index in [9.17, 15) is 19.7 Å². The van der Waals surface area contributed by atoms with Crippen LogP contribution in [0.5, 0.6) is 0 Å². The third kappa shape index (κ3) is 7.85. The van der Waals surface area contributed by atoms with Crippen LogP contribution in [-0.4, -0.2) is 44.0 Å². The maximum atomic E-state index is 13.4. The molecule has 0 N–H and O–H groups in total. The van der Waals surface area contributed by atoms with Crippen molar-refractivity contribution in [1.82, 2.24) is 15.0 Å². The molecule has 5 rings (SSSR count). The van der Waals surface area contributed by atoms with Crippen LogP contribution in [-0.2, 0) is 16.1 Å². The molecular formula is C35H32N4O6. The van der Waals surface area contributed by atoms with Gasteiger partial charge in [0.25, 0.3) is 17.5 Å². The lowest BCUT2D eigenvalue weighted by molar-refractivity contribution is -0.384. The first-order valence-electron chi connectivity index (χ1n) is 14.3. The molecule has 4 aromatic carbocycles. The van der Waals surface area contributed by atoms with Crippen molar-refractivity contribution >= 4 is 17.6 Å². The number of carbonyl (C=O) groups excluding carboxylic acids is 2. The topological polar surface area (TPSA) is 129 Å². The first-order chi connectivity index (χ1) is 21.4. The molecule has 1 heterocycles. The summed E-state index contributed by atoms with van der Waals surface area (Å²) in [5.74, 6) is -0.231. The van der Waals surface area contributed by atoms with Crippen LogP contribution >= 0.6 is 0 Å². The molecule has 0 unspecified atom stereocenters. The minimum Gasteiger partial charge on any atom is -0.459 e. The van der Waals surface area contributed by atoms with Gasteiger partial charge in [0.1, 0.15) is 12.1 Å². The van der Waals surface area contributed by atoms with Crippen molar-refractivity contribution in [3.05, 3.63) is 124 Å². The summed E-state index contributed by atoms with van der Waals surface area (Å²) in [7, 11) is 0. The van der Waals surface area contributed by atoms with Crippen LogP contribution < -0.4 is 0 Å². The molecule has 0 radical (unpaired) electrons. The number of nitrogens with zero attached hydrogens (tertiary/aromatic N) is 4. The Balaban J connectivity index is 1.31. The lowest BCUT2D eigenvalue weighted by Gasteiger charge is -2.25. The fourth-order valence-corrected chi connectivity index (χ4v) is 4.63. The number of nitro groups is 1. The first kappa shape index (κ1) is 30.8. The number of amides is 1. The monoisotopic (exact) mass is 604 g/mol. The van der Waals surface area contributed by atoms with E-state index in [1.165, 1.54) is 34.7 Å². The van der Waals surface area contributed by atoms with Gasteiger partial charge in [-0.15, -0.1) is 0 Å². The van der Waals surface area contributed by atoms with Gasteiger partial charge in [0.15, 0.2) is 0 Å². The van der Waals surface area contributed by atoms with E-state index in [4.69, 9.17) is 9.26 Å². The molecule has 228 valence electrons. The zero-order valence-corrected chi connectivity index (χ0v) is 25.4. The van der Waals surface area contributed by atoms with Crippen molar-refractivity contribution in [2.75, 3.05) is 6.54 Å². The molecule has 0 bridgehead atoms. The van der Waals surface area contributed by atoms with Gasteiger partial charge < -0.3 is 14.2 Å². The van der Waals surface area contributed by atoms with Gasteiger partial charge in [0, 0.05) is 35.4 Å². The van der Waals surface area contributed by atoms with Crippen LogP contribution in [0.25, 0.3) is 34.0 Å². The van der Waals surface area contributed by atoms with Gasteiger partial charge in [-0.2, -0.15) is 4.98 Å². The summed E-state index contributed by atoms with van der Waals surface area (Å²) in [5, 5.41) is 15.2. The molecule has 0 fully saturated rings. The number of benzene rings is 4. The molecule has 0 aliphatic rings. The highest BCUT2D eigenvalue weighted by Crippen LogP contribution is 2.27. The molecule has 10 nitrogen and oxygen atoms in total. The first-order valence-corrected chi connectivity index (χ1v) is 14.3. The maximum Gasteiger partial charge on any atom is 0.326 e. The van der Waals surface area contributed by atoms with E-state index in [1.54, 1.807) is 20.8 Å². The largest absolute Gasteiger partial charge is 0.459 e. The molecule has 0 spiro atoms. The second-order valence-corrected chi connectivity index (χ2v) is 11.6. The molecule has 0 atom stereocenters. The average molecular weight is 605 g/mol. The lowest BCUT2D eigenvalue weighted by Crippen LogP contribution is -2.38. The molecule has 0 saturated carbocycles. The SMILES string of the molecule is Cc1ccc(-c2ccc(-c3nc(-c4ccc(CN(CC(=O)OC(C)(C)C)C(=O)c5ccc([N+](=O)[O-])cc5)cc4)no3)cc2)cc1. The molecule has 45 heavy (non-hydrogen) atoms. The van der Waals surface area contributed by atoms with Crippen LogP contribution in [0.4, 0.5) is 5.69 Å². The van der Waals surface area contributed by atoms with E-state index >= 15 is 0 Å². The average Bonchev–Trinajstić information content (AvgIpc) is 3.51. The predicted molar refractivity (Wildman–Crippen MR) is 169 cm³/mol. The fourth-order valence-electron chi connectivity index (χ4n) is 4.63. The van der Waals surface area contributed by atoms with E-state index in [-0.39, 0.29) is 24.3 Å². The minimum atomic E-state index is -0.729. The number of aryl methyl sites for hydroxylation is 1. The Morgan fingerprint density at radius 2 is 1.38 bits per heavy atom. The highest BCUT2D eigenvalue weighted by molar-refractivity contribution is 5.96. The summed E-state index contributed by atoms with van der Waals surface area (Å²) in [6.45, 7) is 7.09. The normalized spacial score (nSPS) is 11.2. The Bertz CT molecular complexity index is 1810. The Kier molecular flexibility index (Phi) is 8.85. The van der Waals surface area contributed by atoms with Crippen molar-refractivity contribution < 1.29 is 23.8 Å². The third-order valence-electron chi connectivity index (χ3n) is 6.88. The predicted octanol–water partition coefficient (Wildman–Crippen LogP) is 7.27. The third-order valence-corrected chi connectivity index (χ3v) is 6.88. The fraction of sp³-hybridized carbons (Fsp3) is 0.200. The van der Waals surface area contributed by atoms with E-state index in [0.29, 0.717) is 17.3 Å². The van der Waals surface area contributed by atoms with Crippen LogP contribution in [0, 0.1) is 17.0 Å².